The molecule has 0 saturated heterocycles. The van der Waals surface area contributed by atoms with E-state index in [-0.39, 0.29) is 10.8 Å². The van der Waals surface area contributed by atoms with Crippen LogP contribution in [0.3, 0.4) is 0 Å². The third kappa shape index (κ3) is 3.87. The number of halogens is 1. The van der Waals surface area contributed by atoms with E-state index in [0.29, 0.717) is 10.1 Å². The van der Waals surface area contributed by atoms with Crippen LogP contribution in [0.15, 0.2) is 52.9 Å². The average molecular weight is 383 g/mol. The van der Waals surface area contributed by atoms with E-state index in [1.807, 2.05) is 30.3 Å². The fourth-order valence-corrected chi connectivity index (χ4v) is 4.94. The highest BCUT2D eigenvalue weighted by atomic mass is 35.5. The zero-order chi connectivity index (χ0) is 17.2. The summed E-state index contributed by atoms with van der Waals surface area (Å²) in [5, 5.41) is 0.889. The highest BCUT2D eigenvalue weighted by molar-refractivity contribution is 7.91. The van der Waals surface area contributed by atoms with Crippen molar-refractivity contribution in [2.75, 3.05) is 6.61 Å². The number of sulfonamides is 1. The standard InChI is InChI=1S/C16H15ClN2O3S2/c1-11(19-24(20,21)16-8-7-15(17)23-16)10-22-14-6-2-5-13-12(14)4-3-9-18-13/h2-9,11,19H,10H2,1H3/t11-/m0/s1. The number of benzene rings is 1. The zero-order valence-electron chi connectivity index (χ0n) is 12.8. The second-order valence-electron chi connectivity index (χ2n) is 5.22. The summed E-state index contributed by atoms with van der Waals surface area (Å²) in [4.78, 5) is 4.27. The van der Waals surface area contributed by atoms with Crippen LogP contribution in [0.1, 0.15) is 6.92 Å². The number of hydrogen-bond donors (Lipinski definition) is 1. The topological polar surface area (TPSA) is 68.3 Å². The third-order valence-electron chi connectivity index (χ3n) is 3.26. The Morgan fingerprint density at radius 3 is 2.83 bits per heavy atom. The van der Waals surface area contributed by atoms with Crippen LogP contribution in [-0.2, 0) is 10.0 Å². The first-order valence-electron chi connectivity index (χ1n) is 7.20. The van der Waals surface area contributed by atoms with Crippen molar-refractivity contribution in [3.8, 4) is 5.75 Å². The lowest BCUT2D eigenvalue weighted by Gasteiger charge is -2.15. The molecule has 1 atom stereocenters. The predicted molar refractivity (Wildman–Crippen MR) is 96.4 cm³/mol. The Labute approximate surface area is 149 Å². The number of fused-ring (bicyclic) bond motifs is 1. The Balaban J connectivity index is 1.68. The summed E-state index contributed by atoms with van der Waals surface area (Å²) < 4.78 is 33.5. The van der Waals surface area contributed by atoms with Crippen LogP contribution in [0.5, 0.6) is 5.75 Å². The summed E-state index contributed by atoms with van der Waals surface area (Å²) in [5.74, 6) is 0.672. The van der Waals surface area contributed by atoms with Crippen molar-refractivity contribution in [1.29, 1.82) is 0 Å². The fourth-order valence-electron chi connectivity index (χ4n) is 2.21. The molecule has 0 bridgehead atoms. The molecule has 1 aromatic carbocycles. The number of nitrogens with zero attached hydrogens (tertiary/aromatic N) is 1. The Morgan fingerprint density at radius 2 is 2.08 bits per heavy atom. The van der Waals surface area contributed by atoms with Crippen molar-refractivity contribution >= 4 is 43.9 Å². The van der Waals surface area contributed by atoms with Crippen LogP contribution < -0.4 is 9.46 Å². The van der Waals surface area contributed by atoms with Gasteiger partial charge in [-0.15, -0.1) is 11.3 Å². The van der Waals surface area contributed by atoms with Gasteiger partial charge in [0.05, 0.1) is 15.9 Å². The first-order chi connectivity index (χ1) is 11.5. The van der Waals surface area contributed by atoms with Gasteiger partial charge in [0, 0.05) is 11.6 Å². The predicted octanol–water partition coefficient (Wildman–Crippen LogP) is 3.70. The number of pyridine rings is 1. The molecule has 2 heterocycles. The lowest BCUT2D eigenvalue weighted by atomic mass is 10.2. The number of aromatic nitrogens is 1. The molecule has 0 spiro atoms. The van der Waals surface area contributed by atoms with Gasteiger partial charge >= 0.3 is 0 Å². The van der Waals surface area contributed by atoms with Gasteiger partial charge in [0.25, 0.3) is 0 Å². The summed E-state index contributed by atoms with van der Waals surface area (Å²) in [6.07, 6.45) is 1.72. The van der Waals surface area contributed by atoms with E-state index in [0.717, 1.165) is 22.2 Å². The van der Waals surface area contributed by atoms with Crippen LogP contribution in [0.4, 0.5) is 0 Å². The molecular formula is C16H15ClN2O3S2. The molecular weight excluding hydrogens is 368 g/mol. The van der Waals surface area contributed by atoms with Gasteiger partial charge in [-0.3, -0.25) is 4.98 Å². The van der Waals surface area contributed by atoms with Gasteiger partial charge < -0.3 is 4.74 Å². The molecule has 0 amide bonds. The summed E-state index contributed by atoms with van der Waals surface area (Å²) in [6.45, 7) is 1.95. The van der Waals surface area contributed by atoms with Gasteiger partial charge in [0.15, 0.2) is 0 Å². The van der Waals surface area contributed by atoms with Crippen LogP contribution >= 0.6 is 22.9 Å². The van der Waals surface area contributed by atoms with Crippen molar-refractivity contribution < 1.29 is 13.2 Å². The molecule has 0 radical (unpaired) electrons. The highest BCUT2D eigenvalue weighted by Gasteiger charge is 2.20. The summed E-state index contributed by atoms with van der Waals surface area (Å²) >= 11 is 6.81. The normalized spacial score (nSPS) is 13.1. The SMILES string of the molecule is C[C@@H](COc1cccc2ncccc12)NS(=O)(=O)c1ccc(Cl)s1. The van der Waals surface area contributed by atoms with E-state index < -0.39 is 16.1 Å². The zero-order valence-corrected chi connectivity index (χ0v) is 15.2. The quantitative estimate of drug-likeness (QED) is 0.705. The molecule has 3 aromatic rings. The minimum absolute atomic E-state index is 0.189. The number of ether oxygens (including phenoxy) is 1. The van der Waals surface area contributed by atoms with Crippen molar-refractivity contribution in [1.82, 2.24) is 9.71 Å². The molecule has 0 aliphatic carbocycles. The van der Waals surface area contributed by atoms with E-state index in [1.165, 1.54) is 6.07 Å². The maximum Gasteiger partial charge on any atom is 0.250 e. The Hall–Kier alpha value is -1.67. The van der Waals surface area contributed by atoms with Crippen LogP contribution in [0.2, 0.25) is 4.34 Å². The van der Waals surface area contributed by atoms with E-state index in [2.05, 4.69) is 9.71 Å². The van der Waals surface area contributed by atoms with Crippen molar-refractivity contribution in [2.24, 2.45) is 0 Å². The molecule has 0 unspecified atom stereocenters. The molecule has 0 fully saturated rings. The smallest absolute Gasteiger partial charge is 0.250 e. The minimum atomic E-state index is -3.59. The Kier molecular flexibility index (Phi) is 5.05. The summed E-state index contributed by atoms with van der Waals surface area (Å²) in [7, 11) is -3.59. The Morgan fingerprint density at radius 1 is 1.25 bits per heavy atom. The maximum absolute atomic E-state index is 12.3. The lowest BCUT2D eigenvalue weighted by molar-refractivity contribution is 0.290. The van der Waals surface area contributed by atoms with Crippen molar-refractivity contribution in [2.45, 2.75) is 17.2 Å². The number of hydrogen-bond acceptors (Lipinski definition) is 5. The molecule has 1 N–H and O–H groups in total. The molecule has 0 aliphatic heterocycles. The second kappa shape index (κ2) is 7.06. The molecule has 2 aromatic heterocycles. The van der Waals surface area contributed by atoms with Crippen LogP contribution in [0.25, 0.3) is 10.9 Å². The molecule has 24 heavy (non-hydrogen) atoms. The first kappa shape index (κ1) is 17.2. The van der Waals surface area contributed by atoms with Gasteiger partial charge in [0.1, 0.15) is 16.6 Å². The molecule has 3 rings (SSSR count). The second-order valence-corrected chi connectivity index (χ2v) is 8.87. The van der Waals surface area contributed by atoms with Gasteiger partial charge in [-0.1, -0.05) is 17.7 Å². The van der Waals surface area contributed by atoms with Crippen LogP contribution in [-0.4, -0.2) is 26.1 Å². The average Bonchev–Trinajstić information content (AvgIpc) is 3.00. The third-order valence-corrected chi connectivity index (χ3v) is 6.58. The van der Waals surface area contributed by atoms with E-state index >= 15 is 0 Å². The maximum atomic E-state index is 12.3. The summed E-state index contributed by atoms with van der Waals surface area (Å²) in [6, 6.07) is 12.0. The van der Waals surface area contributed by atoms with Gasteiger partial charge in [-0.2, -0.15) is 0 Å². The van der Waals surface area contributed by atoms with Crippen molar-refractivity contribution in [3.05, 3.63) is 53.0 Å². The molecule has 0 aliphatic rings. The summed E-state index contributed by atoms with van der Waals surface area (Å²) in [5.41, 5.74) is 0.830. The van der Waals surface area contributed by atoms with E-state index in [9.17, 15) is 8.42 Å². The highest BCUT2D eigenvalue weighted by Crippen LogP contribution is 2.26. The van der Waals surface area contributed by atoms with E-state index in [4.69, 9.17) is 16.3 Å². The molecule has 0 saturated carbocycles. The Bertz CT molecular complexity index is 951. The number of thiophene rings is 1. The monoisotopic (exact) mass is 382 g/mol. The van der Waals surface area contributed by atoms with Gasteiger partial charge in [-0.25, -0.2) is 13.1 Å². The van der Waals surface area contributed by atoms with Crippen molar-refractivity contribution in [3.63, 3.8) is 0 Å². The van der Waals surface area contributed by atoms with Crippen LogP contribution in [0, 0.1) is 0 Å². The van der Waals surface area contributed by atoms with Gasteiger partial charge in [-0.05, 0) is 43.3 Å². The molecule has 5 nitrogen and oxygen atoms in total. The van der Waals surface area contributed by atoms with E-state index in [1.54, 1.807) is 19.2 Å². The lowest BCUT2D eigenvalue weighted by Crippen LogP contribution is -2.36. The molecule has 8 heteroatoms. The first-order valence-corrected chi connectivity index (χ1v) is 9.88. The number of rotatable bonds is 6. The minimum Gasteiger partial charge on any atom is -0.491 e. The largest absolute Gasteiger partial charge is 0.491 e. The fraction of sp³-hybridized carbons (Fsp3) is 0.188. The number of nitrogens with one attached hydrogen (secondary N) is 1. The molecule has 126 valence electrons. The van der Waals surface area contributed by atoms with Gasteiger partial charge in [0.2, 0.25) is 10.0 Å².